The lowest BCUT2D eigenvalue weighted by molar-refractivity contribution is 0.0211. The predicted octanol–water partition coefficient (Wildman–Crippen LogP) is 2.49. The predicted molar refractivity (Wildman–Crippen MR) is 95.7 cm³/mol. The number of rotatable bonds is 2. The number of nitrogen functional groups attached to an aromatic ring is 1. The molecule has 0 saturated carbocycles. The maximum atomic E-state index is 12.6. The summed E-state index contributed by atoms with van der Waals surface area (Å²) in [6.07, 6.45) is 4.82. The lowest BCUT2D eigenvalue weighted by Gasteiger charge is -2.33. The molecular formula is C18H23N5O2. The van der Waals surface area contributed by atoms with Crippen molar-refractivity contribution in [1.29, 1.82) is 0 Å². The number of ether oxygens (including phenoxy) is 1. The number of para-hydroxylation sites is 1. The molecule has 1 spiro atoms. The van der Waals surface area contributed by atoms with Gasteiger partial charge in [0.25, 0.3) is 0 Å². The van der Waals surface area contributed by atoms with Crippen LogP contribution >= 0.6 is 0 Å². The van der Waals surface area contributed by atoms with Crippen LogP contribution in [0.15, 0.2) is 36.5 Å². The van der Waals surface area contributed by atoms with E-state index in [0.717, 1.165) is 51.3 Å². The molecule has 0 radical (unpaired) electrons. The second kappa shape index (κ2) is 6.40. The zero-order valence-corrected chi connectivity index (χ0v) is 14.1. The molecule has 0 unspecified atom stereocenters. The molecule has 7 heteroatoms. The molecule has 3 N–H and O–H groups in total. The van der Waals surface area contributed by atoms with Gasteiger partial charge in [-0.2, -0.15) is 0 Å². The summed E-state index contributed by atoms with van der Waals surface area (Å²) in [5.74, 6) is 0.404. The van der Waals surface area contributed by atoms with Gasteiger partial charge in [-0.05, 0) is 36.8 Å². The van der Waals surface area contributed by atoms with Gasteiger partial charge in [0.1, 0.15) is 0 Å². The minimum Gasteiger partial charge on any atom is -0.394 e. The molecule has 2 amide bonds. The third kappa shape index (κ3) is 3.19. The Morgan fingerprint density at radius 1 is 1.20 bits per heavy atom. The summed E-state index contributed by atoms with van der Waals surface area (Å²) < 4.78 is 7.14. The minimum absolute atomic E-state index is 0.131. The van der Waals surface area contributed by atoms with Gasteiger partial charge in [0, 0.05) is 26.3 Å². The van der Waals surface area contributed by atoms with Gasteiger partial charge in [-0.1, -0.05) is 18.2 Å². The SMILES string of the molecule is Nc1cn(-c2ccccc2)nc1NC(=O)N1CCC2(CCOCC2)C1. The van der Waals surface area contributed by atoms with Crippen molar-refractivity contribution < 1.29 is 9.53 Å². The van der Waals surface area contributed by atoms with Crippen LogP contribution in [0.25, 0.3) is 5.69 Å². The van der Waals surface area contributed by atoms with Crippen molar-refractivity contribution in [2.75, 3.05) is 37.4 Å². The molecule has 25 heavy (non-hydrogen) atoms. The van der Waals surface area contributed by atoms with E-state index >= 15 is 0 Å². The van der Waals surface area contributed by atoms with Crippen LogP contribution in [0, 0.1) is 5.41 Å². The van der Waals surface area contributed by atoms with Gasteiger partial charge >= 0.3 is 6.03 Å². The maximum absolute atomic E-state index is 12.6. The number of hydrogen-bond acceptors (Lipinski definition) is 4. The Hall–Kier alpha value is -2.54. The monoisotopic (exact) mass is 341 g/mol. The summed E-state index contributed by atoms with van der Waals surface area (Å²) in [6.45, 7) is 3.14. The molecule has 1 aromatic carbocycles. The smallest absolute Gasteiger partial charge is 0.323 e. The van der Waals surface area contributed by atoms with Crippen molar-refractivity contribution in [2.45, 2.75) is 19.3 Å². The summed E-state index contributed by atoms with van der Waals surface area (Å²) in [4.78, 5) is 14.5. The summed E-state index contributed by atoms with van der Waals surface area (Å²) in [5.41, 5.74) is 7.61. The number of hydrogen-bond donors (Lipinski definition) is 2. The van der Waals surface area contributed by atoms with E-state index in [1.807, 2.05) is 35.2 Å². The van der Waals surface area contributed by atoms with E-state index in [0.29, 0.717) is 11.5 Å². The first kappa shape index (κ1) is 16.0. The number of carbonyl (C=O) groups is 1. The summed E-state index contributed by atoms with van der Waals surface area (Å²) >= 11 is 0. The fourth-order valence-electron chi connectivity index (χ4n) is 3.70. The van der Waals surface area contributed by atoms with Crippen molar-refractivity contribution >= 4 is 17.5 Å². The third-order valence-corrected chi connectivity index (χ3v) is 5.27. The Morgan fingerprint density at radius 2 is 1.96 bits per heavy atom. The van der Waals surface area contributed by atoms with Gasteiger partial charge in [0.05, 0.1) is 17.6 Å². The number of nitrogens with one attached hydrogen (secondary N) is 1. The first-order valence-corrected chi connectivity index (χ1v) is 8.70. The highest BCUT2D eigenvalue weighted by molar-refractivity contribution is 5.91. The molecule has 7 nitrogen and oxygen atoms in total. The Bertz CT molecular complexity index is 752. The minimum atomic E-state index is -0.131. The molecule has 1 aromatic heterocycles. The number of benzene rings is 1. The van der Waals surface area contributed by atoms with Gasteiger partial charge in [0.2, 0.25) is 0 Å². The molecule has 2 aliphatic heterocycles. The number of aromatic nitrogens is 2. The summed E-state index contributed by atoms with van der Waals surface area (Å²) in [6, 6.07) is 9.55. The van der Waals surface area contributed by atoms with E-state index in [2.05, 4.69) is 10.4 Å². The highest BCUT2D eigenvalue weighted by Crippen LogP contribution is 2.39. The van der Waals surface area contributed by atoms with Crippen LogP contribution in [0.2, 0.25) is 0 Å². The molecule has 4 rings (SSSR count). The number of nitrogens with zero attached hydrogens (tertiary/aromatic N) is 3. The Labute approximate surface area is 146 Å². The maximum Gasteiger partial charge on any atom is 0.323 e. The first-order chi connectivity index (χ1) is 12.2. The summed E-state index contributed by atoms with van der Waals surface area (Å²) in [7, 11) is 0. The number of anilines is 2. The van der Waals surface area contributed by atoms with E-state index in [4.69, 9.17) is 10.5 Å². The van der Waals surface area contributed by atoms with Crippen LogP contribution in [0.5, 0.6) is 0 Å². The second-order valence-electron chi connectivity index (χ2n) is 6.93. The molecular weight excluding hydrogens is 318 g/mol. The summed E-state index contributed by atoms with van der Waals surface area (Å²) in [5, 5.41) is 7.27. The number of urea groups is 1. The molecule has 0 atom stereocenters. The lowest BCUT2D eigenvalue weighted by atomic mass is 9.80. The lowest BCUT2D eigenvalue weighted by Crippen LogP contribution is -2.37. The Kier molecular flexibility index (Phi) is 4.09. The normalized spacial score (nSPS) is 19.3. The van der Waals surface area contributed by atoms with Gasteiger partial charge in [-0.25, -0.2) is 9.48 Å². The molecule has 132 valence electrons. The van der Waals surface area contributed by atoms with Crippen molar-refractivity contribution in [3.8, 4) is 5.69 Å². The number of likely N-dealkylation sites (tertiary alicyclic amines) is 1. The van der Waals surface area contributed by atoms with Crippen LogP contribution in [0.3, 0.4) is 0 Å². The van der Waals surface area contributed by atoms with Crippen molar-refractivity contribution in [3.63, 3.8) is 0 Å². The highest BCUT2D eigenvalue weighted by Gasteiger charge is 2.41. The highest BCUT2D eigenvalue weighted by atomic mass is 16.5. The molecule has 2 fully saturated rings. The zero-order chi connectivity index (χ0) is 17.3. The molecule has 0 aliphatic carbocycles. The van der Waals surface area contributed by atoms with Crippen LogP contribution in [0.4, 0.5) is 16.3 Å². The van der Waals surface area contributed by atoms with Crippen LogP contribution in [-0.4, -0.2) is 47.0 Å². The largest absolute Gasteiger partial charge is 0.394 e. The molecule has 2 aromatic rings. The van der Waals surface area contributed by atoms with E-state index in [1.54, 1.807) is 10.9 Å². The number of nitrogens with two attached hydrogens (primary N) is 1. The molecule has 2 saturated heterocycles. The standard InChI is InChI=1S/C18H23N5O2/c19-15-12-23(14-4-2-1-3-5-14)21-16(15)20-17(24)22-9-6-18(13-22)7-10-25-11-8-18/h1-5,12H,6-11,13,19H2,(H,20,21,24). The van der Waals surface area contributed by atoms with Crippen molar-refractivity contribution in [1.82, 2.24) is 14.7 Å². The third-order valence-electron chi connectivity index (χ3n) is 5.27. The topological polar surface area (TPSA) is 85.4 Å². The fraction of sp³-hybridized carbons (Fsp3) is 0.444. The van der Waals surface area contributed by atoms with Gasteiger partial charge in [0.15, 0.2) is 5.82 Å². The van der Waals surface area contributed by atoms with Crippen molar-refractivity contribution in [3.05, 3.63) is 36.5 Å². The quantitative estimate of drug-likeness (QED) is 0.879. The van der Waals surface area contributed by atoms with Crippen LogP contribution in [-0.2, 0) is 4.74 Å². The second-order valence-corrected chi connectivity index (χ2v) is 6.93. The van der Waals surface area contributed by atoms with Crippen LogP contribution in [0.1, 0.15) is 19.3 Å². The average molecular weight is 341 g/mol. The van der Waals surface area contributed by atoms with E-state index in [1.165, 1.54) is 0 Å². The average Bonchev–Trinajstić information content (AvgIpc) is 3.21. The van der Waals surface area contributed by atoms with Gasteiger partial charge < -0.3 is 15.4 Å². The van der Waals surface area contributed by atoms with Gasteiger partial charge in [-0.15, -0.1) is 5.10 Å². The first-order valence-electron chi connectivity index (χ1n) is 8.70. The molecule has 3 heterocycles. The Morgan fingerprint density at radius 3 is 2.72 bits per heavy atom. The van der Waals surface area contributed by atoms with Crippen molar-refractivity contribution in [2.24, 2.45) is 5.41 Å². The molecule has 0 bridgehead atoms. The van der Waals surface area contributed by atoms with E-state index < -0.39 is 0 Å². The number of amides is 2. The van der Waals surface area contributed by atoms with Crippen LogP contribution < -0.4 is 11.1 Å². The molecule has 2 aliphatic rings. The van der Waals surface area contributed by atoms with E-state index in [-0.39, 0.29) is 11.4 Å². The van der Waals surface area contributed by atoms with E-state index in [9.17, 15) is 4.79 Å². The number of carbonyl (C=O) groups excluding carboxylic acids is 1. The Balaban J connectivity index is 1.44. The fourth-order valence-corrected chi connectivity index (χ4v) is 3.70. The van der Waals surface area contributed by atoms with Gasteiger partial charge in [-0.3, -0.25) is 5.32 Å². The zero-order valence-electron chi connectivity index (χ0n) is 14.1.